The average molecular weight is 416 g/mol. The summed E-state index contributed by atoms with van der Waals surface area (Å²) in [5.74, 6) is 0.237. The van der Waals surface area contributed by atoms with Crippen LogP contribution in [0.3, 0.4) is 0 Å². The van der Waals surface area contributed by atoms with Gasteiger partial charge < -0.3 is 5.11 Å². The number of halogens is 2. The van der Waals surface area contributed by atoms with Gasteiger partial charge in [0.1, 0.15) is 11.8 Å². The van der Waals surface area contributed by atoms with Crippen LogP contribution in [0.25, 0.3) is 0 Å². The molecule has 0 aliphatic rings. The molecule has 3 nitrogen and oxygen atoms in total. The molecule has 14 heavy (non-hydrogen) atoms. The molecule has 1 unspecified atom stereocenters. The van der Waals surface area contributed by atoms with Crippen molar-refractivity contribution >= 4 is 52.0 Å². The van der Waals surface area contributed by atoms with E-state index >= 15 is 0 Å². The predicted octanol–water partition coefficient (Wildman–Crippen LogP) is 2.42. The van der Waals surface area contributed by atoms with Gasteiger partial charge in [0, 0.05) is 45.7 Å². The first-order valence-electron chi connectivity index (χ1n) is 3.90. The van der Waals surface area contributed by atoms with Gasteiger partial charge in [-0.25, -0.2) is 0 Å². The third-order valence-corrected chi connectivity index (χ3v) is 3.08. The molecule has 0 saturated carbocycles. The molecule has 1 radical (unpaired) electrons. The molecule has 1 aromatic carbocycles. The van der Waals surface area contributed by atoms with E-state index in [2.05, 4.69) is 0 Å². The van der Waals surface area contributed by atoms with Crippen molar-refractivity contribution in [3.63, 3.8) is 0 Å². The summed E-state index contributed by atoms with van der Waals surface area (Å²) in [5.41, 5.74) is 1.01. The molecule has 0 aliphatic heterocycles. The molecule has 1 N–H and O–H groups in total. The molecule has 0 saturated heterocycles. The highest BCUT2D eigenvalue weighted by atomic mass is 127. The predicted molar refractivity (Wildman–Crippen MR) is 71.2 cm³/mol. The zero-order chi connectivity index (χ0) is 10.6. The van der Waals surface area contributed by atoms with E-state index in [0.29, 0.717) is 6.42 Å². The maximum Gasteiger partial charge on any atom is 0.219 e. The van der Waals surface area contributed by atoms with Crippen LogP contribution in [-0.4, -0.2) is 18.8 Å². The van der Waals surface area contributed by atoms with Gasteiger partial charge in [0.05, 0.1) is 0 Å². The number of rotatable bonds is 4. The summed E-state index contributed by atoms with van der Waals surface area (Å²) >= 11 is 4.09. The maximum atomic E-state index is 10.6. The van der Waals surface area contributed by atoms with E-state index in [1.165, 1.54) is 0 Å². The Morgan fingerprint density at radius 1 is 1.36 bits per heavy atom. The normalized spacial score (nSPS) is 12.8. The molecule has 5 heteroatoms. The third kappa shape index (κ3) is 3.70. The zero-order valence-corrected chi connectivity index (χ0v) is 11.5. The molecular weight excluding hydrogens is 408 g/mol. The largest absolute Gasteiger partial charge is 0.508 e. The van der Waals surface area contributed by atoms with Gasteiger partial charge in [0.25, 0.3) is 0 Å². The monoisotopic (exact) mass is 416 g/mol. The third-order valence-electron chi connectivity index (χ3n) is 1.74. The van der Waals surface area contributed by atoms with Gasteiger partial charge in [-0.05, 0) is 24.1 Å². The minimum atomic E-state index is -0.249. The van der Waals surface area contributed by atoms with E-state index in [-0.39, 0.29) is 11.8 Å². The zero-order valence-electron chi connectivity index (χ0n) is 7.15. The number of hydrogen-bond donors (Lipinski definition) is 1. The molecule has 0 heterocycles. The summed E-state index contributed by atoms with van der Waals surface area (Å²) < 4.78 is 1.76. The van der Waals surface area contributed by atoms with Crippen LogP contribution in [-0.2, 0) is 11.2 Å². The van der Waals surface area contributed by atoms with E-state index in [1.807, 2.05) is 52.0 Å². The highest BCUT2D eigenvalue weighted by Gasteiger charge is 2.14. The second-order valence-corrected chi connectivity index (χ2v) is 6.69. The Labute approximate surface area is 110 Å². The molecule has 0 bridgehead atoms. The summed E-state index contributed by atoms with van der Waals surface area (Å²) in [6.45, 7) is 0. The van der Waals surface area contributed by atoms with E-state index in [0.717, 1.165) is 5.56 Å². The van der Waals surface area contributed by atoms with Crippen molar-refractivity contribution in [2.75, 3.05) is 0 Å². The highest BCUT2D eigenvalue weighted by molar-refractivity contribution is 14.2. The van der Waals surface area contributed by atoms with Crippen LogP contribution < -0.4 is 0 Å². The van der Waals surface area contributed by atoms with E-state index in [1.54, 1.807) is 25.6 Å². The number of phenolic OH excluding ortho intramolecular Hbond substituents is 1. The Kier molecular flexibility index (Phi) is 5.10. The van der Waals surface area contributed by atoms with Crippen molar-refractivity contribution < 1.29 is 9.90 Å². The fourth-order valence-electron chi connectivity index (χ4n) is 1.01. The lowest BCUT2D eigenvalue weighted by Crippen LogP contribution is -2.22. The average Bonchev–Trinajstić information content (AvgIpc) is 2.16. The quantitative estimate of drug-likeness (QED) is 0.606. The Morgan fingerprint density at radius 2 is 1.93 bits per heavy atom. The summed E-state index contributed by atoms with van der Waals surface area (Å²) in [7, 11) is 0. The SMILES string of the molecule is O=[C]C(Cc1ccc(O)cc1)N(I)I. The topological polar surface area (TPSA) is 40.5 Å². The standard InChI is InChI=1S/C9H8I2NO2/c10-12(11)8(6-13)5-7-1-3-9(14)4-2-7/h1-4,8,14H,5H2. The molecule has 1 rings (SSSR count). The van der Waals surface area contributed by atoms with Crippen LogP contribution in [0.4, 0.5) is 0 Å². The van der Waals surface area contributed by atoms with Crippen LogP contribution in [0.1, 0.15) is 5.56 Å². The fourth-order valence-corrected chi connectivity index (χ4v) is 1.63. The molecule has 0 aromatic heterocycles. The van der Waals surface area contributed by atoms with Gasteiger partial charge in [-0.15, -0.1) is 0 Å². The molecule has 0 spiro atoms. The minimum Gasteiger partial charge on any atom is -0.508 e. The van der Waals surface area contributed by atoms with Gasteiger partial charge in [0.15, 0.2) is 0 Å². The Hall–Kier alpha value is 0.110. The van der Waals surface area contributed by atoms with Crippen molar-refractivity contribution in [1.82, 2.24) is 1.33 Å². The van der Waals surface area contributed by atoms with Gasteiger partial charge in [-0.2, -0.15) is 1.33 Å². The number of phenols is 1. The summed E-state index contributed by atoms with van der Waals surface area (Å²) in [6.07, 6.45) is 2.57. The summed E-state index contributed by atoms with van der Waals surface area (Å²) in [5, 5.41) is 9.07. The van der Waals surface area contributed by atoms with Crippen LogP contribution in [0.15, 0.2) is 24.3 Å². The summed E-state index contributed by atoms with van der Waals surface area (Å²) in [6, 6.07) is 6.58. The number of carbonyl (C=O) groups excluding carboxylic acids is 1. The van der Waals surface area contributed by atoms with E-state index in [9.17, 15) is 4.79 Å². The maximum absolute atomic E-state index is 10.6. The van der Waals surface area contributed by atoms with Crippen molar-refractivity contribution in [3.8, 4) is 5.75 Å². The minimum absolute atomic E-state index is 0.237. The highest BCUT2D eigenvalue weighted by Crippen LogP contribution is 2.17. The second-order valence-electron chi connectivity index (χ2n) is 2.76. The smallest absolute Gasteiger partial charge is 0.219 e. The fraction of sp³-hybridized carbons (Fsp3) is 0.222. The number of aromatic hydroxyl groups is 1. The number of benzene rings is 1. The van der Waals surface area contributed by atoms with Gasteiger partial charge in [-0.1, -0.05) is 12.1 Å². The van der Waals surface area contributed by atoms with Crippen LogP contribution in [0.2, 0.25) is 0 Å². The van der Waals surface area contributed by atoms with Crippen molar-refractivity contribution in [2.45, 2.75) is 12.5 Å². The van der Waals surface area contributed by atoms with Crippen LogP contribution in [0, 0.1) is 0 Å². The van der Waals surface area contributed by atoms with E-state index in [4.69, 9.17) is 5.11 Å². The van der Waals surface area contributed by atoms with Gasteiger partial charge in [-0.3, -0.25) is 4.79 Å². The molecule has 75 valence electrons. The lowest BCUT2D eigenvalue weighted by Gasteiger charge is -2.13. The molecule has 0 aliphatic carbocycles. The molecular formula is C9H8I2NO2. The van der Waals surface area contributed by atoms with Gasteiger partial charge in [0.2, 0.25) is 6.29 Å². The number of nitrogens with zero attached hydrogens (tertiary/aromatic N) is 1. The Bertz CT molecular complexity index is 300. The van der Waals surface area contributed by atoms with Crippen LogP contribution in [0.5, 0.6) is 5.75 Å². The van der Waals surface area contributed by atoms with Crippen molar-refractivity contribution in [1.29, 1.82) is 0 Å². The first-order valence-corrected chi connectivity index (χ1v) is 5.83. The molecule has 0 fully saturated rings. The van der Waals surface area contributed by atoms with Crippen LogP contribution >= 0.6 is 45.7 Å². The summed E-state index contributed by atoms with van der Waals surface area (Å²) in [4.78, 5) is 10.6. The van der Waals surface area contributed by atoms with Gasteiger partial charge >= 0.3 is 0 Å². The Morgan fingerprint density at radius 3 is 2.36 bits per heavy atom. The number of hydrogen-bond acceptors (Lipinski definition) is 3. The second kappa shape index (κ2) is 5.86. The lowest BCUT2D eigenvalue weighted by atomic mass is 10.1. The molecule has 1 aromatic rings. The first-order chi connectivity index (χ1) is 6.63. The molecule has 1 atom stereocenters. The van der Waals surface area contributed by atoms with Crippen molar-refractivity contribution in [3.05, 3.63) is 29.8 Å². The van der Waals surface area contributed by atoms with E-state index < -0.39 is 0 Å². The lowest BCUT2D eigenvalue weighted by molar-refractivity contribution is 0.475. The first kappa shape index (κ1) is 12.2. The van der Waals surface area contributed by atoms with Crippen molar-refractivity contribution in [2.24, 2.45) is 0 Å². The Balaban J connectivity index is 2.67. The molecule has 0 amide bonds.